The Hall–Kier alpha value is -1.65. The number of hydrogen-bond acceptors (Lipinski definition) is 3. The van der Waals surface area contributed by atoms with Crippen molar-refractivity contribution in [2.75, 3.05) is 0 Å². The lowest BCUT2D eigenvalue weighted by Gasteiger charge is -2.22. The summed E-state index contributed by atoms with van der Waals surface area (Å²) in [6.45, 7) is 3.64. The van der Waals surface area contributed by atoms with Crippen LogP contribution in [0.15, 0.2) is 59.5 Å². The van der Waals surface area contributed by atoms with E-state index in [0.29, 0.717) is 12.0 Å². The Kier molecular flexibility index (Phi) is 4.80. The van der Waals surface area contributed by atoms with Crippen molar-refractivity contribution in [1.29, 1.82) is 0 Å². The van der Waals surface area contributed by atoms with Gasteiger partial charge in [0, 0.05) is 0 Å². The molecular formula is C17H20O3S. The normalized spacial score (nSPS) is 14.6. The van der Waals surface area contributed by atoms with Gasteiger partial charge in [0.15, 0.2) is 9.84 Å². The summed E-state index contributed by atoms with van der Waals surface area (Å²) in [5.74, 6) is 0. The Morgan fingerprint density at radius 3 is 2.29 bits per heavy atom. The van der Waals surface area contributed by atoms with Crippen molar-refractivity contribution in [2.45, 2.75) is 36.5 Å². The van der Waals surface area contributed by atoms with Crippen LogP contribution in [0.25, 0.3) is 0 Å². The first-order valence-corrected chi connectivity index (χ1v) is 8.55. The quantitative estimate of drug-likeness (QED) is 0.922. The van der Waals surface area contributed by atoms with Gasteiger partial charge in [-0.15, -0.1) is 0 Å². The molecule has 0 aromatic heterocycles. The molecule has 21 heavy (non-hydrogen) atoms. The van der Waals surface area contributed by atoms with E-state index in [-0.39, 0.29) is 4.90 Å². The van der Waals surface area contributed by atoms with Crippen LogP contribution in [-0.4, -0.2) is 18.8 Å². The second kappa shape index (κ2) is 6.41. The number of aliphatic hydroxyl groups is 1. The first kappa shape index (κ1) is 15.7. The molecule has 112 valence electrons. The number of sulfone groups is 1. The van der Waals surface area contributed by atoms with Crippen LogP contribution in [0, 0.1) is 6.92 Å². The van der Waals surface area contributed by atoms with Gasteiger partial charge in [-0.1, -0.05) is 49.4 Å². The van der Waals surface area contributed by atoms with E-state index in [1.807, 2.05) is 19.1 Å². The molecule has 2 aromatic rings. The van der Waals surface area contributed by atoms with E-state index in [2.05, 4.69) is 0 Å². The summed E-state index contributed by atoms with van der Waals surface area (Å²) in [6.07, 6.45) is -0.673. The Morgan fingerprint density at radius 1 is 1.05 bits per heavy atom. The van der Waals surface area contributed by atoms with Gasteiger partial charge in [0.1, 0.15) is 0 Å². The van der Waals surface area contributed by atoms with E-state index >= 15 is 0 Å². The second-order valence-electron chi connectivity index (χ2n) is 5.16. The predicted octanol–water partition coefficient (Wildman–Crippen LogP) is 3.28. The molecule has 0 spiro atoms. The zero-order chi connectivity index (χ0) is 15.5. The number of aliphatic hydroxyl groups excluding tert-OH is 1. The summed E-state index contributed by atoms with van der Waals surface area (Å²) >= 11 is 0. The van der Waals surface area contributed by atoms with Crippen LogP contribution < -0.4 is 0 Å². The molecule has 4 heteroatoms. The Labute approximate surface area is 126 Å². The van der Waals surface area contributed by atoms with Crippen molar-refractivity contribution in [1.82, 2.24) is 0 Å². The van der Waals surface area contributed by atoms with Gasteiger partial charge in [-0.05, 0) is 36.6 Å². The molecule has 0 radical (unpaired) electrons. The highest BCUT2D eigenvalue weighted by Crippen LogP contribution is 2.29. The molecule has 0 aliphatic heterocycles. The molecule has 3 nitrogen and oxygen atoms in total. The third-order valence-corrected chi connectivity index (χ3v) is 5.91. The summed E-state index contributed by atoms with van der Waals surface area (Å²) in [7, 11) is -3.57. The SMILES string of the molecule is CCC(C(O)c1ccccc1)S(=O)(=O)c1cccc(C)c1. The lowest BCUT2D eigenvalue weighted by atomic mass is 10.1. The Balaban J connectivity index is 2.41. The summed E-state index contributed by atoms with van der Waals surface area (Å²) in [4.78, 5) is 0.268. The van der Waals surface area contributed by atoms with Crippen molar-refractivity contribution in [3.8, 4) is 0 Å². The highest BCUT2D eigenvalue weighted by molar-refractivity contribution is 7.92. The van der Waals surface area contributed by atoms with Crippen molar-refractivity contribution in [2.24, 2.45) is 0 Å². The van der Waals surface area contributed by atoms with Gasteiger partial charge < -0.3 is 5.11 Å². The fraction of sp³-hybridized carbons (Fsp3) is 0.294. The first-order valence-electron chi connectivity index (χ1n) is 7.00. The molecule has 0 fully saturated rings. The molecule has 0 amide bonds. The largest absolute Gasteiger partial charge is 0.387 e. The minimum atomic E-state index is -3.57. The van der Waals surface area contributed by atoms with E-state index in [1.165, 1.54) is 0 Å². The maximum Gasteiger partial charge on any atom is 0.184 e. The minimum absolute atomic E-state index is 0.268. The van der Waals surface area contributed by atoms with Gasteiger partial charge in [-0.3, -0.25) is 0 Å². The number of hydrogen-bond donors (Lipinski definition) is 1. The van der Waals surface area contributed by atoms with Crippen LogP contribution in [0.1, 0.15) is 30.6 Å². The highest BCUT2D eigenvalue weighted by atomic mass is 32.2. The molecule has 0 saturated heterocycles. The lowest BCUT2D eigenvalue weighted by molar-refractivity contribution is 0.169. The van der Waals surface area contributed by atoms with Crippen LogP contribution in [0.2, 0.25) is 0 Å². The van der Waals surface area contributed by atoms with Crippen molar-refractivity contribution in [3.63, 3.8) is 0 Å². The van der Waals surface area contributed by atoms with Crippen molar-refractivity contribution in [3.05, 3.63) is 65.7 Å². The van der Waals surface area contributed by atoms with Crippen LogP contribution in [0.4, 0.5) is 0 Å². The fourth-order valence-electron chi connectivity index (χ4n) is 2.44. The molecule has 2 unspecified atom stereocenters. The van der Waals surface area contributed by atoms with Crippen LogP contribution in [-0.2, 0) is 9.84 Å². The first-order chi connectivity index (χ1) is 9.96. The summed E-state index contributed by atoms with van der Waals surface area (Å²) in [6, 6.07) is 15.7. The van der Waals surface area contributed by atoms with Gasteiger partial charge in [0.05, 0.1) is 16.2 Å². The smallest absolute Gasteiger partial charge is 0.184 e. The molecule has 0 saturated carbocycles. The van der Waals surface area contributed by atoms with E-state index in [9.17, 15) is 13.5 Å². The average molecular weight is 304 g/mol. The average Bonchev–Trinajstić information content (AvgIpc) is 2.48. The molecule has 1 N–H and O–H groups in total. The van der Waals surface area contributed by atoms with Crippen LogP contribution >= 0.6 is 0 Å². The number of rotatable bonds is 5. The van der Waals surface area contributed by atoms with Crippen molar-refractivity contribution < 1.29 is 13.5 Å². The zero-order valence-electron chi connectivity index (χ0n) is 12.2. The second-order valence-corrected chi connectivity index (χ2v) is 7.33. The standard InChI is InChI=1S/C17H20O3S/c1-3-16(17(18)14-9-5-4-6-10-14)21(19,20)15-11-7-8-13(2)12-15/h4-12,16-18H,3H2,1-2H3. The van der Waals surface area contributed by atoms with E-state index < -0.39 is 21.2 Å². The maximum absolute atomic E-state index is 12.8. The molecule has 2 rings (SSSR count). The third-order valence-electron chi connectivity index (χ3n) is 3.61. The molecule has 0 bridgehead atoms. The minimum Gasteiger partial charge on any atom is -0.387 e. The number of aryl methyl sites for hydroxylation is 1. The summed E-state index contributed by atoms with van der Waals surface area (Å²) < 4.78 is 25.5. The molecule has 0 heterocycles. The molecule has 2 atom stereocenters. The highest BCUT2D eigenvalue weighted by Gasteiger charge is 2.33. The van der Waals surface area contributed by atoms with Crippen LogP contribution in [0.3, 0.4) is 0 Å². The van der Waals surface area contributed by atoms with E-state index in [1.54, 1.807) is 49.4 Å². The van der Waals surface area contributed by atoms with Crippen molar-refractivity contribution >= 4 is 9.84 Å². The Bertz CT molecular complexity index is 693. The zero-order valence-corrected chi connectivity index (χ0v) is 13.0. The summed E-state index contributed by atoms with van der Waals surface area (Å²) in [5, 5.41) is 9.62. The molecule has 0 aliphatic carbocycles. The van der Waals surface area contributed by atoms with E-state index in [0.717, 1.165) is 5.56 Å². The van der Waals surface area contributed by atoms with Gasteiger partial charge >= 0.3 is 0 Å². The van der Waals surface area contributed by atoms with Gasteiger partial charge in [-0.25, -0.2) is 8.42 Å². The van der Waals surface area contributed by atoms with Gasteiger partial charge in [0.25, 0.3) is 0 Å². The molecule has 0 aliphatic rings. The lowest BCUT2D eigenvalue weighted by Crippen LogP contribution is -2.28. The predicted molar refractivity (Wildman–Crippen MR) is 83.8 cm³/mol. The summed E-state index contributed by atoms with van der Waals surface area (Å²) in [5.41, 5.74) is 1.51. The van der Waals surface area contributed by atoms with E-state index in [4.69, 9.17) is 0 Å². The van der Waals surface area contributed by atoms with Crippen LogP contribution in [0.5, 0.6) is 0 Å². The molecule has 2 aromatic carbocycles. The monoisotopic (exact) mass is 304 g/mol. The topological polar surface area (TPSA) is 54.4 Å². The Morgan fingerprint density at radius 2 is 1.71 bits per heavy atom. The third kappa shape index (κ3) is 3.34. The molecular weight excluding hydrogens is 284 g/mol. The fourth-order valence-corrected chi connectivity index (χ4v) is 4.35. The van der Waals surface area contributed by atoms with Gasteiger partial charge in [0.2, 0.25) is 0 Å². The number of benzene rings is 2. The maximum atomic E-state index is 12.8. The van der Waals surface area contributed by atoms with Gasteiger partial charge in [-0.2, -0.15) is 0 Å².